The molecule has 2 rings (SSSR count). The molecule has 1 aliphatic carbocycles. The number of hydrogen-bond acceptors (Lipinski definition) is 3. The summed E-state index contributed by atoms with van der Waals surface area (Å²) in [6.07, 6.45) is 5.53. The lowest BCUT2D eigenvalue weighted by atomic mass is 10.1. The average molecular weight is 309 g/mol. The van der Waals surface area contributed by atoms with Crippen LogP contribution in [0.2, 0.25) is 0 Å². The Morgan fingerprint density at radius 3 is 2.83 bits per heavy atom. The van der Waals surface area contributed by atoms with Crippen molar-refractivity contribution >= 4 is 15.9 Å². The molecule has 1 fully saturated rings. The normalized spacial score (nSPS) is 24.1. The molecule has 1 saturated carbocycles. The topological polar surface area (TPSA) is 59.0 Å². The molecule has 3 nitrogen and oxygen atoms in total. The predicted molar refractivity (Wildman–Crippen MR) is 74.3 cm³/mol. The lowest BCUT2D eigenvalue weighted by Crippen LogP contribution is -2.38. The Morgan fingerprint density at radius 2 is 2.06 bits per heavy atom. The predicted octanol–water partition coefficient (Wildman–Crippen LogP) is 3.36. The molecule has 96 valence electrons. The van der Waals surface area contributed by atoms with Gasteiger partial charge in [-0.15, -0.1) is 0 Å². The minimum atomic E-state index is 0.0221. The van der Waals surface area contributed by atoms with Gasteiger partial charge < -0.3 is 10.5 Å². The van der Waals surface area contributed by atoms with Crippen molar-refractivity contribution in [1.82, 2.24) is 0 Å². The van der Waals surface area contributed by atoms with Gasteiger partial charge in [-0.2, -0.15) is 5.26 Å². The highest BCUT2D eigenvalue weighted by molar-refractivity contribution is 9.10. The quantitative estimate of drug-likeness (QED) is 0.852. The van der Waals surface area contributed by atoms with Crippen LogP contribution in [0.25, 0.3) is 0 Å². The summed E-state index contributed by atoms with van der Waals surface area (Å²) in [6.45, 7) is 0. The van der Waals surface area contributed by atoms with Gasteiger partial charge in [0, 0.05) is 10.5 Å². The van der Waals surface area contributed by atoms with Crippen molar-refractivity contribution in [2.75, 3.05) is 0 Å². The molecule has 4 heteroatoms. The average Bonchev–Trinajstić information content (AvgIpc) is 2.55. The molecule has 0 amide bonds. The summed E-state index contributed by atoms with van der Waals surface area (Å²) in [5.74, 6) is 0.634. The lowest BCUT2D eigenvalue weighted by molar-refractivity contribution is 0.162. The summed E-state index contributed by atoms with van der Waals surface area (Å²) in [6, 6.07) is 7.68. The van der Waals surface area contributed by atoms with Crippen molar-refractivity contribution in [1.29, 1.82) is 5.26 Å². The monoisotopic (exact) mass is 308 g/mol. The second-order valence-electron chi connectivity index (χ2n) is 4.71. The molecule has 0 bridgehead atoms. The van der Waals surface area contributed by atoms with Crippen molar-refractivity contribution in [3.63, 3.8) is 0 Å². The molecule has 2 unspecified atom stereocenters. The van der Waals surface area contributed by atoms with Crippen molar-refractivity contribution < 1.29 is 4.74 Å². The Morgan fingerprint density at radius 1 is 1.28 bits per heavy atom. The molecular formula is C14H17BrN2O. The first-order chi connectivity index (χ1) is 8.70. The van der Waals surface area contributed by atoms with Crippen molar-refractivity contribution in [3.8, 4) is 11.8 Å². The van der Waals surface area contributed by atoms with Crippen molar-refractivity contribution in [3.05, 3.63) is 28.2 Å². The van der Waals surface area contributed by atoms with E-state index in [2.05, 4.69) is 22.0 Å². The molecule has 0 spiro atoms. The molecule has 2 N–H and O–H groups in total. The molecular weight excluding hydrogens is 292 g/mol. The largest absolute Gasteiger partial charge is 0.487 e. The van der Waals surface area contributed by atoms with E-state index in [-0.39, 0.29) is 12.1 Å². The number of halogens is 1. The number of nitrogens with two attached hydrogens (primary N) is 1. The van der Waals surface area contributed by atoms with Gasteiger partial charge >= 0.3 is 0 Å². The molecule has 0 radical (unpaired) electrons. The van der Waals surface area contributed by atoms with Gasteiger partial charge in [0.1, 0.15) is 17.9 Å². The Labute approximate surface area is 116 Å². The van der Waals surface area contributed by atoms with Crippen LogP contribution in [-0.4, -0.2) is 12.1 Å². The van der Waals surface area contributed by atoms with Gasteiger partial charge in [0.2, 0.25) is 0 Å². The van der Waals surface area contributed by atoms with Gasteiger partial charge in [0.25, 0.3) is 0 Å². The zero-order valence-corrected chi connectivity index (χ0v) is 11.8. The van der Waals surface area contributed by atoms with Crippen LogP contribution in [0, 0.1) is 11.3 Å². The van der Waals surface area contributed by atoms with Gasteiger partial charge in [0.05, 0.1) is 5.56 Å². The fourth-order valence-electron chi connectivity index (χ4n) is 2.30. The molecule has 1 aromatic rings. The number of nitrogens with zero attached hydrogens (tertiary/aromatic N) is 1. The Balaban J connectivity index is 2.17. The van der Waals surface area contributed by atoms with Gasteiger partial charge in [-0.3, -0.25) is 0 Å². The Bertz CT molecular complexity index is 456. The van der Waals surface area contributed by atoms with Crippen molar-refractivity contribution in [2.24, 2.45) is 5.73 Å². The van der Waals surface area contributed by atoms with Crippen LogP contribution in [0.15, 0.2) is 22.7 Å². The molecule has 0 heterocycles. The highest BCUT2D eigenvalue weighted by Gasteiger charge is 2.23. The first kappa shape index (κ1) is 13.4. The smallest absolute Gasteiger partial charge is 0.138 e. The SMILES string of the molecule is N#Cc1ccc(Br)cc1OC1CCCCCC1N. The minimum absolute atomic E-state index is 0.0221. The molecule has 0 aromatic heterocycles. The van der Waals surface area contributed by atoms with Crippen molar-refractivity contribution in [2.45, 2.75) is 44.2 Å². The number of hydrogen-bond donors (Lipinski definition) is 1. The first-order valence-corrected chi connectivity index (χ1v) is 7.12. The van der Waals surface area contributed by atoms with E-state index >= 15 is 0 Å². The van der Waals surface area contributed by atoms with E-state index in [0.29, 0.717) is 11.3 Å². The second-order valence-corrected chi connectivity index (χ2v) is 5.63. The Kier molecular flexibility index (Phi) is 4.62. The van der Waals surface area contributed by atoms with E-state index in [1.54, 1.807) is 6.07 Å². The number of ether oxygens (including phenoxy) is 1. The standard InChI is InChI=1S/C14H17BrN2O/c15-11-7-6-10(9-16)14(8-11)18-13-5-3-1-2-4-12(13)17/h6-8,12-13H,1-5,17H2. The summed E-state index contributed by atoms with van der Waals surface area (Å²) >= 11 is 3.40. The second kappa shape index (κ2) is 6.21. The highest BCUT2D eigenvalue weighted by Crippen LogP contribution is 2.27. The van der Waals surface area contributed by atoms with Gasteiger partial charge in [-0.05, 0) is 37.5 Å². The summed E-state index contributed by atoms with van der Waals surface area (Å²) in [4.78, 5) is 0. The molecule has 0 aliphatic heterocycles. The third-order valence-electron chi connectivity index (χ3n) is 3.35. The van der Waals surface area contributed by atoms with Crippen LogP contribution < -0.4 is 10.5 Å². The number of benzene rings is 1. The van der Waals surface area contributed by atoms with E-state index in [1.807, 2.05) is 12.1 Å². The third kappa shape index (κ3) is 3.24. The molecule has 1 aromatic carbocycles. The minimum Gasteiger partial charge on any atom is -0.487 e. The van der Waals surface area contributed by atoms with Crippen LogP contribution in [0.5, 0.6) is 5.75 Å². The summed E-state index contributed by atoms with van der Waals surface area (Å²) in [7, 11) is 0. The molecule has 2 atom stereocenters. The van der Waals surface area contributed by atoms with Gasteiger partial charge in [0.15, 0.2) is 0 Å². The van der Waals surface area contributed by atoms with Crippen LogP contribution in [0.1, 0.15) is 37.7 Å². The zero-order chi connectivity index (χ0) is 13.0. The summed E-state index contributed by atoms with van der Waals surface area (Å²) in [5, 5.41) is 9.08. The summed E-state index contributed by atoms with van der Waals surface area (Å²) < 4.78 is 6.89. The van der Waals surface area contributed by atoms with E-state index in [1.165, 1.54) is 12.8 Å². The van der Waals surface area contributed by atoms with E-state index in [9.17, 15) is 0 Å². The number of rotatable bonds is 2. The molecule has 1 aliphatic rings. The van der Waals surface area contributed by atoms with E-state index in [4.69, 9.17) is 15.7 Å². The van der Waals surface area contributed by atoms with Gasteiger partial charge in [-0.1, -0.05) is 28.8 Å². The maximum Gasteiger partial charge on any atom is 0.138 e. The Hall–Kier alpha value is -1.05. The van der Waals surface area contributed by atoms with Crippen LogP contribution in [0.3, 0.4) is 0 Å². The maximum atomic E-state index is 9.08. The summed E-state index contributed by atoms with van der Waals surface area (Å²) in [5.41, 5.74) is 6.70. The maximum absolute atomic E-state index is 9.08. The zero-order valence-electron chi connectivity index (χ0n) is 10.2. The van der Waals surface area contributed by atoms with Gasteiger partial charge in [-0.25, -0.2) is 0 Å². The lowest BCUT2D eigenvalue weighted by Gasteiger charge is -2.23. The molecule has 0 saturated heterocycles. The van der Waals surface area contributed by atoms with E-state index < -0.39 is 0 Å². The van der Waals surface area contributed by atoms with Crippen LogP contribution >= 0.6 is 15.9 Å². The fourth-order valence-corrected chi connectivity index (χ4v) is 2.64. The molecule has 18 heavy (non-hydrogen) atoms. The van der Waals surface area contributed by atoms with Crippen LogP contribution in [0.4, 0.5) is 0 Å². The third-order valence-corrected chi connectivity index (χ3v) is 3.84. The number of nitriles is 1. The van der Waals surface area contributed by atoms with Crippen LogP contribution in [-0.2, 0) is 0 Å². The van der Waals surface area contributed by atoms with E-state index in [0.717, 1.165) is 23.7 Å². The fraction of sp³-hybridized carbons (Fsp3) is 0.500. The first-order valence-electron chi connectivity index (χ1n) is 6.32. The highest BCUT2D eigenvalue weighted by atomic mass is 79.9.